The molecule has 0 amide bonds. The lowest BCUT2D eigenvalue weighted by molar-refractivity contribution is -0.271. The minimum Gasteiger partial charge on any atom is -0.459 e. The summed E-state index contributed by atoms with van der Waals surface area (Å²) in [5, 5.41) is 34.1. The number of nitrogens with two attached hydrogens (primary N) is 1. The molecule has 2 fully saturated rings. The van der Waals surface area contributed by atoms with Gasteiger partial charge in [-0.1, -0.05) is 20.8 Å². The number of aliphatic hydroxyl groups is 3. The van der Waals surface area contributed by atoms with Crippen molar-refractivity contribution in [2.24, 2.45) is 23.5 Å². The first kappa shape index (κ1) is 35.3. The first-order valence-electron chi connectivity index (χ1n) is 14.9. The zero-order valence-electron chi connectivity index (χ0n) is 26.7. The van der Waals surface area contributed by atoms with Crippen molar-refractivity contribution >= 4 is 5.97 Å². The highest BCUT2D eigenvalue weighted by molar-refractivity contribution is 5.73. The van der Waals surface area contributed by atoms with Gasteiger partial charge in [-0.15, -0.1) is 0 Å². The molecule has 0 spiro atoms. The third-order valence-corrected chi connectivity index (χ3v) is 9.53. The van der Waals surface area contributed by atoms with Crippen LogP contribution in [0.3, 0.4) is 0 Å². The fraction of sp³-hybridized carbons (Fsp3) is 0.967. The van der Waals surface area contributed by atoms with Crippen molar-refractivity contribution in [3.05, 3.63) is 0 Å². The number of cyclic esters (lactones) is 1. The second-order valence-corrected chi connectivity index (χ2v) is 13.6. The Balaban J connectivity index is 2.47. The molecule has 13 atom stereocenters. The smallest absolute Gasteiger partial charge is 0.311 e. The van der Waals surface area contributed by atoms with Crippen LogP contribution >= 0.6 is 0 Å². The third kappa shape index (κ3) is 8.16. The highest BCUT2D eigenvalue weighted by Crippen LogP contribution is 2.37. The summed E-state index contributed by atoms with van der Waals surface area (Å²) in [4.78, 5) is 15.6. The molecule has 2 saturated heterocycles. The Bertz CT molecular complexity index is 826. The molecular formula is C30H58N2O8. The van der Waals surface area contributed by atoms with Gasteiger partial charge in [0.2, 0.25) is 0 Å². The van der Waals surface area contributed by atoms with E-state index >= 15 is 0 Å². The summed E-state index contributed by atoms with van der Waals surface area (Å²) in [5.74, 6) is -1.45. The predicted octanol–water partition coefficient (Wildman–Crippen LogP) is 2.45. The van der Waals surface area contributed by atoms with Gasteiger partial charge in [-0.05, 0) is 79.7 Å². The van der Waals surface area contributed by atoms with Crippen molar-refractivity contribution < 1.29 is 39.1 Å². The van der Waals surface area contributed by atoms with Crippen LogP contribution in [-0.2, 0) is 23.7 Å². The number of hydrogen-bond acceptors (Lipinski definition) is 10. The molecule has 40 heavy (non-hydrogen) atoms. The second-order valence-electron chi connectivity index (χ2n) is 13.6. The molecular weight excluding hydrogens is 516 g/mol. The molecule has 236 valence electrons. The average molecular weight is 575 g/mol. The van der Waals surface area contributed by atoms with E-state index < -0.39 is 59.3 Å². The van der Waals surface area contributed by atoms with Gasteiger partial charge < -0.3 is 44.9 Å². The molecule has 10 heteroatoms. The van der Waals surface area contributed by atoms with E-state index in [9.17, 15) is 20.1 Å². The van der Waals surface area contributed by atoms with Crippen LogP contribution < -0.4 is 5.73 Å². The van der Waals surface area contributed by atoms with E-state index in [0.717, 1.165) is 0 Å². The monoisotopic (exact) mass is 574 g/mol. The van der Waals surface area contributed by atoms with Crippen molar-refractivity contribution in [2.45, 2.75) is 148 Å². The van der Waals surface area contributed by atoms with Crippen LogP contribution in [0.5, 0.6) is 0 Å². The molecule has 2 heterocycles. The largest absolute Gasteiger partial charge is 0.459 e. The molecule has 5 N–H and O–H groups in total. The number of aliphatic hydroxyl groups excluding tert-OH is 1. The molecule has 2 aliphatic heterocycles. The minimum atomic E-state index is -1.69. The standard InChI is InChI=1S/C30H58N2O8/c1-12-22-30(9,36)26(33)20(5)32(10)16-17(2)13-28(7,35)14-18(3)24(19(4)27(34)39-22)40-23-15-29(8,37-11)25(31)21(6)38-23/h17-26,33,35-36H,12-16,31H2,1-11H3/t17-,18-,19-,20-,21+,22-,23+,24+,25+,26-,28-,29-,30-/m1/s1. The van der Waals surface area contributed by atoms with Gasteiger partial charge in [0.05, 0.1) is 35.4 Å². The van der Waals surface area contributed by atoms with Gasteiger partial charge in [0.25, 0.3) is 0 Å². The molecule has 10 nitrogen and oxygen atoms in total. The van der Waals surface area contributed by atoms with Crippen LogP contribution in [0.2, 0.25) is 0 Å². The molecule has 2 aliphatic rings. The first-order chi connectivity index (χ1) is 18.3. The molecule has 0 aromatic carbocycles. The van der Waals surface area contributed by atoms with Gasteiger partial charge in [-0.3, -0.25) is 4.79 Å². The Morgan fingerprint density at radius 3 is 2.23 bits per heavy atom. The van der Waals surface area contributed by atoms with Gasteiger partial charge in [-0.2, -0.15) is 0 Å². The summed E-state index contributed by atoms with van der Waals surface area (Å²) >= 11 is 0. The van der Waals surface area contributed by atoms with Gasteiger partial charge in [-0.25, -0.2) is 0 Å². The van der Waals surface area contributed by atoms with Crippen molar-refractivity contribution in [1.82, 2.24) is 4.90 Å². The normalized spacial score (nSPS) is 49.1. The lowest BCUT2D eigenvalue weighted by atomic mass is 9.80. The van der Waals surface area contributed by atoms with E-state index in [1.165, 1.54) is 6.92 Å². The van der Waals surface area contributed by atoms with E-state index in [1.807, 2.05) is 53.5 Å². The first-order valence-corrected chi connectivity index (χ1v) is 14.9. The fourth-order valence-corrected chi connectivity index (χ4v) is 6.84. The quantitative estimate of drug-likeness (QED) is 0.370. The fourth-order valence-electron chi connectivity index (χ4n) is 6.84. The van der Waals surface area contributed by atoms with Crippen LogP contribution in [0.25, 0.3) is 0 Å². The number of rotatable bonds is 4. The maximum atomic E-state index is 13.6. The van der Waals surface area contributed by atoms with Crippen LogP contribution in [0, 0.1) is 17.8 Å². The SMILES string of the molecule is CC[C@H]1OC(=O)[C@H](C)[C@@H](O[C@H]2C[C@@](C)(OC)[C@@H](N)[C@H](C)O2)[C@H](C)C[C@](C)(O)C[C@@H](C)CN(C)[C@H](C)[C@@H](O)[C@]1(C)O. The number of carbonyl (C=O) groups is 1. The van der Waals surface area contributed by atoms with Crippen molar-refractivity contribution in [2.75, 3.05) is 20.7 Å². The van der Waals surface area contributed by atoms with E-state index in [0.29, 0.717) is 32.2 Å². The Labute approximate surface area is 241 Å². The predicted molar refractivity (Wildman–Crippen MR) is 153 cm³/mol. The molecule has 0 aliphatic carbocycles. The molecule has 0 unspecified atom stereocenters. The lowest BCUT2D eigenvalue weighted by Crippen LogP contribution is -2.61. The highest BCUT2D eigenvalue weighted by Gasteiger charge is 2.48. The van der Waals surface area contributed by atoms with Gasteiger partial charge in [0.15, 0.2) is 6.29 Å². The summed E-state index contributed by atoms with van der Waals surface area (Å²) in [7, 11) is 3.50. The maximum absolute atomic E-state index is 13.6. The number of likely N-dealkylation sites (N-methyl/N-ethyl adjacent to an activating group) is 1. The maximum Gasteiger partial charge on any atom is 0.311 e. The average Bonchev–Trinajstić information content (AvgIpc) is 2.85. The zero-order valence-corrected chi connectivity index (χ0v) is 26.7. The van der Waals surface area contributed by atoms with Crippen LogP contribution in [-0.4, -0.2) is 106 Å². The second kappa shape index (κ2) is 13.6. The van der Waals surface area contributed by atoms with Crippen LogP contribution in [0.1, 0.15) is 88.0 Å². The number of ether oxygens (including phenoxy) is 4. The summed E-state index contributed by atoms with van der Waals surface area (Å²) in [6, 6.07) is -0.772. The van der Waals surface area contributed by atoms with Crippen molar-refractivity contribution in [1.29, 1.82) is 0 Å². The number of nitrogens with zero attached hydrogens (tertiary/aromatic N) is 1. The molecule has 0 radical (unpaired) electrons. The van der Waals surface area contributed by atoms with Crippen molar-refractivity contribution in [3.8, 4) is 0 Å². The summed E-state index contributed by atoms with van der Waals surface area (Å²) in [5.41, 5.74) is 2.97. The topological polar surface area (TPSA) is 144 Å². The zero-order chi connectivity index (χ0) is 30.8. The number of esters is 1. The molecule has 0 bridgehead atoms. The van der Waals surface area contributed by atoms with E-state index in [-0.39, 0.29) is 24.0 Å². The number of hydrogen-bond donors (Lipinski definition) is 4. The van der Waals surface area contributed by atoms with Gasteiger partial charge >= 0.3 is 5.97 Å². The molecule has 0 saturated carbocycles. The minimum absolute atomic E-state index is 0.0972. The highest BCUT2D eigenvalue weighted by atomic mass is 16.7. The van der Waals surface area contributed by atoms with Gasteiger partial charge in [0.1, 0.15) is 17.8 Å². The molecule has 0 aromatic rings. The molecule has 0 aromatic heterocycles. The lowest BCUT2D eigenvalue weighted by Gasteiger charge is -2.46. The summed E-state index contributed by atoms with van der Waals surface area (Å²) < 4.78 is 24.3. The van der Waals surface area contributed by atoms with E-state index in [1.54, 1.807) is 14.0 Å². The summed E-state index contributed by atoms with van der Waals surface area (Å²) in [6.07, 6.45) is -2.21. The third-order valence-electron chi connectivity index (χ3n) is 9.53. The van der Waals surface area contributed by atoms with Crippen LogP contribution in [0.4, 0.5) is 0 Å². The van der Waals surface area contributed by atoms with E-state index in [4.69, 9.17) is 24.7 Å². The van der Waals surface area contributed by atoms with Crippen molar-refractivity contribution in [3.63, 3.8) is 0 Å². The Kier molecular flexibility index (Phi) is 12.0. The number of carbonyl (C=O) groups excluding carboxylic acids is 1. The van der Waals surface area contributed by atoms with E-state index in [2.05, 4.69) is 6.92 Å². The Morgan fingerprint density at radius 2 is 1.68 bits per heavy atom. The van der Waals surface area contributed by atoms with Gasteiger partial charge in [0, 0.05) is 26.1 Å². The Hall–Kier alpha value is -0.850. The molecule has 2 rings (SSSR count). The number of methoxy groups -OCH3 is 1. The Morgan fingerprint density at radius 1 is 1.07 bits per heavy atom. The van der Waals surface area contributed by atoms with Crippen LogP contribution in [0.15, 0.2) is 0 Å². The summed E-state index contributed by atoms with van der Waals surface area (Å²) in [6.45, 7) is 17.2.